The molecule has 5 aromatic rings. The molecule has 0 radical (unpaired) electrons. The van der Waals surface area contributed by atoms with Crippen LogP contribution in [0.5, 0.6) is 5.75 Å². The fourth-order valence-corrected chi connectivity index (χ4v) is 4.72. The highest BCUT2D eigenvalue weighted by Crippen LogP contribution is 2.35. The lowest BCUT2D eigenvalue weighted by atomic mass is 9.86. The summed E-state index contributed by atoms with van der Waals surface area (Å²) in [6.45, 7) is 9.09. The zero-order valence-corrected chi connectivity index (χ0v) is 23.4. The molecular weight excluding hydrogens is 498 g/mol. The fourth-order valence-electron chi connectivity index (χ4n) is 4.72. The van der Waals surface area contributed by atoms with Crippen LogP contribution < -0.4 is 15.0 Å². The molecule has 0 fully saturated rings. The minimum absolute atomic E-state index is 0.0665. The van der Waals surface area contributed by atoms with E-state index in [1.54, 1.807) is 17.2 Å². The fraction of sp³-hybridized carbons (Fsp3) is 0.242. The first-order valence-electron chi connectivity index (χ1n) is 13.6. The van der Waals surface area contributed by atoms with Gasteiger partial charge in [-0.25, -0.2) is 9.69 Å². The molecule has 0 bridgehead atoms. The van der Waals surface area contributed by atoms with Gasteiger partial charge in [-0.1, -0.05) is 57.2 Å². The third-order valence-electron chi connectivity index (χ3n) is 6.99. The Morgan fingerprint density at radius 2 is 1.73 bits per heavy atom. The van der Waals surface area contributed by atoms with Crippen molar-refractivity contribution in [3.8, 4) is 5.75 Å². The first-order valence-corrected chi connectivity index (χ1v) is 13.6. The normalized spacial score (nSPS) is 11.4. The van der Waals surface area contributed by atoms with Crippen LogP contribution in [0.4, 0.5) is 22.0 Å². The summed E-state index contributed by atoms with van der Waals surface area (Å²) in [5.41, 5.74) is 4.81. The Labute approximate surface area is 235 Å². The average Bonchev–Trinajstić information content (AvgIpc) is 3.47. The lowest BCUT2D eigenvalue weighted by Crippen LogP contribution is -2.32. The number of aromatic nitrogens is 3. The van der Waals surface area contributed by atoms with Gasteiger partial charge < -0.3 is 10.1 Å². The lowest BCUT2D eigenvalue weighted by molar-refractivity contribution is 0.259. The summed E-state index contributed by atoms with van der Waals surface area (Å²) in [5.74, 6) is 1.38. The number of ether oxygens (including phenoxy) is 1. The number of H-pyrrole nitrogens is 1. The molecule has 0 atom stereocenters. The Bertz CT molecular complexity index is 1590. The molecule has 0 saturated heterocycles. The second kappa shape index (κ2) is 11.6. The second-order valence-electron chi connectivity index (χ2n) is 10.9. The van der Waals surface area contributed by atoms with Gasteiger partial charge in [0.1, 0.15) is 11.6 Å². The number of anilines is 3. The number of nitrogens with zero attached hydrogens (tertiary/aromatic N) is 3. The standard InChI is InChI=1S/C33H35N5O2/c1-23-11-12-25(33(2,3)4)22-29(23)38(31-17-20-35-37-31)32(39)36-28-13-14-30(27-10-6-5-9-26(27)28)40-21-7-8-24-15-18-34-19-16-24/h5-6,9-20,22H,7-8,21H2,1-4H3,(H,35,37)(H,36,39). The molecule has 0 aliphatic heterocycles. The molecule has 40 heavy (non-hydrogen) atoms. The highest BCUT2D eigenvalue weighted by molar-refractivity contribution is 6.11. The number of nitrogens with one attached hydrogen (secondary N) is 2. The molecule has 2 amide bonds. The van der Waals surface area contributed by atoms with Crippen molar-refractivity contribution < 1.29 is 9.53 Å². The van der Waals surface area contributed by atoms with E-state index in [9.17, 15) is 4.79 Å². The number of aryl methyl sites for hydroxylation is 2. The molecule has 0 aliphatic rings. The van der Waals surface area contributed by atoms with E-state index in [-0.39, 0.29) is 11.4 Å². The van der Waals surface area contributed by atoms with E-state index < -0.39 is 0 Å². The summed E-state index contributed by atoms with van der Waals surface area (Å²) in [6, 6.07) is 23.6. The van der Waals surface area contributed by atoms with Gasteiger partial charge in [-0.05, 0) is 72.2 Å². The van der Waals surface area contributed by atoms with Crippen molar-refractivity contribution in [2.75, 3.05) is 16.8 Å². The van der Waals surface area contributed by atoms with Crippen LogP contribution in [-0.2, 0) is 11.8 Å². The molecule has 2 heterocycles. The van der Waals surface area contributed by atoms with Gasteiger partial charge in [-0.2, -0.15) is 5.10 Å². The van der Waals surface area contributed by atoms with E-state index in [0.29, 0.717) is 18.1 Å². The number of hydrogen-bond acceptors (Lipinski definition) is 4. The van der Waals surface area contributed by atoms with Crippen molar-refractivity contribution in [2.24, 2.45) is 0 Å². The Morgan fingerprint density at radius 1 is 0.950 bits per heavy atom. The zero-order valence-electron chi connectivity index (χ0n) is 23.4. The van der Waals surface area contributed by atoms with Crippen molar-refractivity contribution in [3.05, 3.63) is 108 Å². The molecule has 2 N–H and O–H groups in total. The van der Waals surface area contributed by atoms with E-state index in [1.807, 2.05) is 67.8 Å². The van der Waals surface area contributed by atoms with Crippen molar-refractivity contribution in [3.63, 3.8) is 0 Å². The van der Waals surface area contributed by atoms with Gasteiger partial charge in [0.2, 0.25) is 0 Å². The number of amides is 2. The van der Waals surface area contributed by atoms with E-state index in [2.05, 4.69) is 59.5 Å². The topological polar surface area (TPSA) is 83.1 Å². The Hall–Kier alpha value is -4.65. The maximum Gasteiger partial charge on any atom is 0.332 e. The number of hydrogen-bond donors (Lipinski definition) is 2. The predicted molar refractivity (Wildman–Crippen MR) is 162 cm³/mol. The third kappa shape index (κ3) is 5.99. The lowest BCUT2D eigenvalue weighted by Gasteiger charge is -2.27. The van der Waals surface area contributed by atoms with Crippen LogP contribution in [-0.4, -0.2) is 27.8 Å². The monoisotopic (exact) mass is 533 g/mol. The van der Waals surface area contributed by atoms with Gasteiger partial charge in [0.15, 0.2) is 0 Å². The summed E-state index contributed by atoms with van der Waals surface area (Å²) in [5, 5.41) is 12.1. The number of benzene rings is 3. The predicted octanol–water partition coefficient (Wildman–Crippen LogP) is 7.95. The van der Waals surface area contributed by atoms with Crippen LogP contribution in [0.25, 0.3) is 10.8 Å². The Morgan fingerprint density at radius 3 is 2.45 bits per heavy atom. The molecule has 0 unspecified atom stereocenters. The first kappa shape index (κ1) is 26.9. The maximum atomic E-state index is 13.9. The van der Waals surface area contributed by atoms with E-state index in [4.69, 9.17) is 4.74 Å². The molecule has 5 rings (SSSR count). The first-order chi connectivity index (χ1) is 19.3. The van der Waals surface area contributed by atoms with Crippen molar-refractivity contribution >= 4 is 34.0 Å². The van der Waals surface area contributed by atoms with Crippen molar-refractivity contribution in [1.29, 1.82) is 0 Å². The van der Waals surface area contributed by atoms with Gasteiger partial charge in [-0.15, -0.1) is 0 Å². The minimum Gasteiger partial charge on any atom is -0.493 e. The van der Waals surface area contributed by atoms with Crippen LogP contribution in [0.3, 0.4) is 0 Å². The SMILES string of the molecule is Cc1ccc(C(C)(C)C)cc1N(C(=O)Nc1ccc(OCCCc2ccncc2)c2ccccc12)c1ccn[nH]1. The highest BCUT2D eigenvalue weighted by atomic mass is 16.5. The van der Waals surface area contributed by atoms with E-state index in [1.165, 1.54) is 5.56 Å². The molecule has 0 aliphatic carbocycles. The number of aromatic amines is 1. The van der Waals surface area contributed by atoms with Crippen LogP contribution in [0.1, 0.15) is 43.9 Å². The molecule has 7 heteroatoms. The summed E-state index contributed by atoms with van der Waals surface area (Å²) < 4.78 is 6.19. The molecule has 0 spiro atoms. The van der Waals surface area contributed by atoms with Gasteiger partial charge >= 0.3 is 6.03 Å². The van der Waals surface area contributed by atoms with Crippen LogP contribution in [0.15, 0.2) is 91.4 Å². The number of urea groups is 1. The third-order valence-corrected chi connectivity index (χ3v) is 6.99. The maximum absolute atomic E-state index is 13.9. The molecule has 204 valence electrons. The van der Waals surface area contributed by atoms with E-state index in [0.717, 1.165) is 46.2 Å². The van der Waals surface area contributed by atoms with Gasteiger partial charge in [0.25, 0.3) is 0 Å². The van der Waals surface area contributed by atoms with Crippen LogP contribution >= 0.6 is 0 Å². The van der Waals surface area contributed by atoms with Crippen molar-refractivity contribution in [2.45, 2.75) is 46.0 Å². The quantitative estimate of drug-likeness (QED) is 0.198. The average molecular weight is 534 g/mol. The Kier molecular flexibility index (Phi) is 7.82. The number of fused-ring (bicyclic) bond motifs is 1. The van der Waals surface area contributed by atoms with Crippen molar-refractivity contribution in [1.82, 2.24) is 15.2 Å². The second-order valence-corrected chi connectivity index (χ2v) is 10.9. The summed E-state index contributed by atoms with van der Waals surface area (Å²) in [4.78, 5) is 19.7. The highest BCUT2D eigenvalue weighted by Gasteiger charge is 2.24. The van der Waals surface area contributed by atoms with Gasteiger partial charge in [0.05, 0.1) is 24.2 Å². The molecule has 0 saturated carbocycles. The number of rotatable bonds is 8. The summed E-state index contributed by atoms with van der Waals surface area (Å²) in [7, 11) is 0. The molecule has 2 aromatic heterocycles. The minimum atomic E-state index is -0.283. The molecular formula is C33H35N5O2. The smallest absolute Gasteiger partial charge is 0.332 e. The Balaban J connectivity index is 1.40. The number of pyridine rings is 1. The zero-order chi connectivity index (χ0) is 28.1. The van der Waals surface area contributed by atoms with Crippen LogP contribution in [0.2, 0.25) is 0 Å². The van der Waals surface area contributed by atoms with Crippen LogP contribution in [0, 0.1) is 6.92 Å². The molecule has 3 aromatic carbocycles. The molecule has 7 nitrogen and oxygen atoms in total. The van der Waals surface area contributed by atoms with Gasteiger partial charge in [0, 0.05) is 29.2 Å². The number of carbonyl (C=O) groups is 1. The number of carbonyl (C=O) groups excluding carboxylic acids is 1. The largest absolute Gasteiger partial charge is 0.493 e. The van der Waals surface area contributed by atoms with E-state index >= 15 is 0 Å². The summed E-state index contributed by atoms with van der Waals surface area (Å²) >= 11 is 0. The summed E-state index contributed by atoms with van der Waals surface area (Å²) in [6.07, 6.45) is 7.09. The van der Waals surface area contributed by atoms with Gasteiger partial charge in [-0.3, -0.25) is 10.1 Å².